The lowest BCUT2D eigenvalue weighted by molar-refractivity contribution is -0.127. The summed E-state index contributed by atoms with van der Waals surface area (Å²) in [6.07, 6.45) is 0.596. The van der Waals surface area contributed by atoms with Crippen LogP contribution in [-0.2, 0) is 11.3 Å². The third-order valence-electron chi connectivity index (χ3n) is 3.93. The van der Waals surface area contributed by atoms with E-state index in [9.17, 15) is 10.1 Å². The summed E-state index contributed by atoms with van der Waals surface area (Å²) in [5.74, 6) is -0.185. The van der Waals surface area contributed by atoms with E-state index in [1.165, 1.54) is 0 Å². The molecule has 2 saturated heterocycles. The molecule has 0 radical (unpaired) electrons. The minimum absolute atomic E-state index is 0.0325. The van der Waals surface area contributed by atoms with Crippen molar-refractivity contribution in [2.24, 2.45) is 5.92 Å². The molecule has 19 heavy (non-hydrogen) atoms. The van der Waals surface area contributed by atoms with Gasteiger partial charge in [0.25, 0.3) is 0 Å². The van der Waals surface area contributed by atoms with E-state index in [-0.39, 0.29) is 23.9 Å². The predicted octanol–water partition coefficient (Wildman–Crippen LogP) is 1.41. The van der Waals surface area contributed by atoms with Gasteiger partial charge in [-0.25, -0.2) is 0 Å². The molecule has 0 aromatic heterocycles. The van der Waals surface area contributed by atoms with Crippen LogP contribution >= 0.6 is 0 Å². The lowest BCUT2D eigenvalue weighted by Gasteiger charge is -2.36. The molecule has 3 rings (SSSR count). The molecule has 1 N–H and O–H groups in total. The van der Waals surface area contributed by atoms with Crippen molar-refractivity contribution in [2.75, 3.05) is 0 Å². The van der Waals surface area contributed by atoms with Crippen molar-refractivity contribution in [3.8, 4) is 6.07 Å². The van der Waals surface area contributed by atoms with Crippen molar-refractivity contribution >= 4 is 5.91 Å². The fourth-order valence-electron chi connectivity index (χ4n) is 3.07. The van der Waals surface area contributed by atoms with Crippen LogP contribution in [-0.4, -0.2) is 22.9 Å². The topological polar surface area (TPSA) is 56.1 Å². The van der Waals surface area contributed by atoms with E-state index in [0.717, 1.165) is 5.56 Å². The monoisotopic (exact) mass is 253 g/mol. The van der Waals surface area contributed by atoms with Gasteiger partial charge < -0.3 is 5.32 Å². The average molecular weight is 253 g/mol. The second kappa shape index (κ2) is 4.52. The van der Waals surface area contributed by atoms with E-state index in [1.807, 2.05) is 30.3 Å². The average Bonchev–Trinajstić information content (AvgIpc) is 2.71. The number of piperazine rings is 1. The van der Waals surface area contributed by atoms with Gasteiger partial charge in [-0.15, -0.1) is 0 Å². The number of benzene rings is 1. The van der Waals surface area contributed by atoms with E-state index in [0.29, 0.717) is 18.7 Å². The van der Waals surface area contributed by atoms with Gasteiger partial charge in [0.05, 0.1) is 24.1 Å². The Bertz CT molecular complexity index is 561. The molecule has 0 saturated carbocycles. The largest absolute Gasteiger partial charge is 0.327 e. The van der Waals surface area contributed by atoms with Crippen LogP contribution in [0.15, 0.2) is 42.6 Å². The summed E-state index contributed by atoms with van der Waals surface area (Å²) in [5, 5.41) is 12.0. The Morgan fingerprint density at radius 1 is 1.42 bits per heavy atom. The van der Waals surface area contributed by atoms with Gasteiger partial charge in [0.1, 0.15) is 0 Å². The molecule has 2 bridgehead atoms. The molecule has 3 atom stereocenters. The minimum atomic E-state index is -0.208. The fraction of sp³-hybridized carbons (Fsp3) is 0.333. The van der Waals surface area contributed by atoms with Crippen molar-refractivity contribution in [1.82, 2.24) is 10.2 Å². The molecule has 1 amide bonds. The molecular formula is C15H15N3O. The van der Waals surface area contributed by atoms with Crippen molar-refractivity contribution in [2.45, 2.75) is 25.0 Å². The Balaban J connectivity index is 1.90. The van der Waals surface area contributed by atoms with Crippen LogP contribution in [0, 0.1) is 17.2 Å². The zero-order valence-electron chi connectivity index (χ0n) is 10.5. The summed E-state index contributed by atoms with van der Waals surface area (Å²) in [6, 6.07) is 12.1. The van der Waals surface area contributed by atoms with Gasteiger partial charge in [0, 0.05) is 12.2 Å². The molecule has 0 spiro atoms. The molecule has 2 fully saturated rings. The molecule has 96 valence electrons. The molecule has 0 aliphatic carbocycles. The van der Waals surface area contributed by atoms with Crippen molar-refractivity contribution in [3.05, 3.63) is 48.2 Å². The van der Waals surface area contributed by atoms with E-state index in [4.69, 9.17) is 0 Å². The number of amides is 1. The number of nitrogens with one attached hydrogen (secondary N) is 1. The highest BCUT2D eigenvalue weighted by Crippen LogP contribution is 2.37. The van der Waals surface area contributed by atoms with E-state index in [1.54, 1.807) is 0 Å². The smallest absolute Gasteiger partial charge is 0.241 e. The van der Waals surface area contributed by atoms with Gasteiger partial charge in [-0.2, -0.15) is 5.26 Å². The third kappa shape index (κ3) is 1.92. The number of carbonyl (C=O) groups is 1. The lowest BCUT2D eigenvalue weighted by atomic mass is 10.00. The molecule has 2 aliphatic rings. The maximum atomic E-state index is 12.0. The number of nitrogens with zero attached hydrogens (tertiary/aromatic N) is 2. The summed E-state index contributed by atoms with van der Waals surface area (Å²) < 4.78 is 0. The number of hydrogen-bond acceptors (Lipinski definition) is 3. The van der Waals surface area contributed by atoms with Gasteiger partial charge >= 0.3 is 0 Å². The van der Waals surface area contributed by atoms with Crippen LogP contribution in [0.25, 0.3) is 0 Å². The first kappa shape index (κ1) is 11.9. The number of nitriles is 1. The summed E-state index contributed by atoms with van der Waals surface area (Å²) >= 11 is 0. The van der Waals surface area contributed by atoms with E-state index < -0.39 is 0 Å². The van der Waals surface area contributed by atoms with Gasteiger partial charge in [0.2, 0.25) is 5.91 Å². The first-order valence-corrected chi connectivity index (χ1v) is 6.39. The highest BCUT2D eigenvalue weighted by molar-refractivity contribution is 5.85. The highest BCUT2D eigenvalue weighted by Gasteiger charge is 2.49. The van der Waals surface area contributed by atoms with Gasteiger partial charge in [-0.05, 0) is 12.0 Å². The summed E-state index contributed by atoms with van der Waals surface area (Å²) in [5.41, 5.74) is 1.81. The molecule has 1 aromatic carbocycles. The molecule has 2 aliphatic heterocycles. The van der Waals surface area contributed by atoms with Crippen molar-refractivity contribution in [3.63, 3.8) is 0 Å². The fourth-order valence-corrected chi connectivity index (χ4v) is 3.07. The van der Waals surface area contributed by atoms with Crippen LogP contribution in [0.4, 0.5) is 0 Å². The Morgan fingerprint density at radius 3 is 2.84 bits per heavy atom. The summed E-state index contributed by atoms with van der Waals surface area (Å²) in [6.45, 7) is 4.59. The van der Waals surface area contributed by atoms with Gasteiger partial charge in [-0.1, -0.05) is 36.9 Å². The predicted molar refractivity (Wildman–Crippen MR) is 70.6 cm³/mol. The van der Waals surface area contributed by atoms with Gasteiger partial charge in [0.15, 0.2) is 0 Å². The Labute approximate surface area is 112 Å². The summed E-state index contributed by atoms with van der Waals surface area (Å²) in [7, 11) is 0. The number of carbonyl (C=O) groups excluding carboxylic acids is 1. The number of rotatable bonds is 2. The maximum Gasteiger partial charge on any atom is 0.241 e. The van der Waals surface area contributed by atoms with E-state index in [2.05, 4.69) is 22.9 Å². The quantitative estimate of drug-likeness (QED) is 0.867. The van der Waals surface area contributed by atoms with Crippen LogP contribution < -0.4 is 5.32 Å². The zero-order valence-corrected chi connectivity index (χ0v) is 10.5. The molecule has 1 aromatic rings. The molecule has 2 heterocycles. The molecular weight excluding hydrogens is 238 g/mol. The molecule has 0 unspecified atom stereocenters. The Morgan fingerprint density at radius 2 is 2.16 bits per heavy atom. The maximum absolute atomic E-state index is 12.0. The highest BCUT2D eigenvalue weighted by atomic mass is 16.2. The first-order valence-electron chi connectivity index (χ1n) is 6.39. The Hall–Kier alpha value is -2.12. The normalized spacial score (nSPS) is 29.9. The second-order valence-corrected chi connectivity index (χ2v) is 5.10. The lowest BCUT2D eigenvalue weighted by Crippen LogP contribution is -2.53. The molecule has 4 heteroatoms. The zero-order chi connectivity index (χ0) is 13.4. The number of hydrogen-bond donors (Lipinski definition) is 1. The number of fused-ring (bicyclic) bond motifs is 2. The SMILES string of the molecule is C=C1NC(=O)[C@@H]2C[C@@H](C#N)[C@H]1N2Cc1ccccc1. The minimum Gasteiger partial charge on any atom is -0.327 e. The van der Waals surface area contributed by atoms with Crippen LogP contribution in [0.3, 0.4) is 0 Å². The third-order valence-corrected chi connectivity index (χ3v) is 3.93. The second-order valence-electron chi connectivity index (χ2n) is 5.10. The van der Waals surface area contributed by atoms with Crippen LogP contribution in [0.1, 0.15) is 12.0 Å². The van der Waals surface area contributed by atoms with E-state index >= 15 is 0 Å². The summed E-state index contributed by atoms with van der Waals surface area (Å²) in [4.78, 5) is 14.1. The van der Waals surface area contributed by atoms with Crippen LogP contribution in [0.5, 0.6) is 0 Å². The standard InChI is InChI=1S/C15H15N3O/c1-10-14-12(8-16)7-13(15(19)17-10)18(14)9-11-5-3-2-4-6-11/h2-6,12-14H,1,7,9H2,(H,17,19)/t12-,13-,14-/m0/s1. The van der Waals surface area contributed by atoms with Gasteiger partial charge in [-0.3, -0.25) is 9.69 Å². The first-order chi connectivity index (χ1) is 9.20. The van der Waals surface area contributed by atoms with Crippen LogP contribution in [0.2, 0.25) is 0 Å². The Kier molecular flexibility index (Phi) is 2.84. The van der Waals surface area contributed by atoms with Crippen molar-refractivity contribution in [1.29, 1.82) is 5.26 Å². The molecule has 4 nitrogen and oxygen atoms in total. The van der Waals surface area contributed by atoms with Crippen molar-refractivity contribution < 1.29 is 4.79 Å².